The molecule has 0 saturated heterocycles. The first-order valence-electron chi connectivity index (χ1n) is 17.0. The normalized spacial score (nSPS) is 14.6. The lowest BCUT2D eigenvalue weighted by atomic mass is 9.97. The zero-order chi connectivity index (χ0) is 38.4. The van der Waals surface area contributed by atoms with Crippen LogP contribution in [0, 0.1) is 0 Å². The Morgan fingerprint density at radius 3 is 2.15 bits per heavy atom. The average molecular weight is 753 g/mol. The fourth-order valence-electron chi connectivity index (χ4n) is 6.07. The van der Waals surface area contributed by atoms with E-state index in [0.717, 1.165) is 52.3 Å². The lowest BCUT2D eigenvalue weighted by Crippen LogP contribution is -2.47. The minimum absolute atomic E-state index is 0.114. The van der Waals surface area contributed by atoms with Gasteiger partial charge in [-0.2, -0.15) is 31.4 Å². The maximum Gasteiger partial charge on any atom is 0.416 e. The lowest BCUT2D eigenvalue weighted by Gasteiger charge is -2.31. The Hall–Kier alpha value is -5.11. The van der Waals surface area contributed by atoms with Gasteiger partial charge in [0.05, 0.1) is 45.6 Å². The zero-order valence-corrected chi connectivity index (χ0v) is 30.3. The Kier molecular flexibility index (Phi) is 10.2. The summed E-state index contributed by atoms with van der Waals surface area (Å²) in [6, 6.07) is 18.2. The van der Waals surface area contributed by atoms with Gasteiger partial charge in [-0.15, -0.1) is 0 Å². The number of hydrogen-bond acceptors (Lipinski definition) is 6. The minimum atomic E-state index is -4.74. The standard InChI is InChI=1S/C39H38F6N6OS/c1-6-23-7-9-24(10-8-23)26-19-47-50(20-26)32-14-12-27(38(40,41)42)16-30(32)36(52)48-37-51(33-13-11-25(21(2)3)15-34(33)53-37)49-35-29(22(4)5)17-28(18-31(35)46)39(43,44)45/h7-22,37,49H,6,46H2,1-5H3,(H,48,52). The number of thioether (sulfide) groups is 1. The number of benzene rings is 4. The molecule has 14 heteroatoms. The highest BCUT2D eigenvalue weighted by molar-refractivity contribution is 8.00. The largest absolute Gasteiger partial charge is 0.416 e. The fraction of sp³-hybridized carbons (Fsp3) is 0.282. The number of nitrogens with two attached hydrogens (primary N) is 1. The van der Waals surface area contributed by atoms with E-state index >= 15 is 0 Å². The van der Waals surface area contributed by atoms with Crippen molar-refractivity contribution >= 4 is 34.7 Å². The fourth-order valence-corrected chi connectivity index (χ4v) is 7.24. The molecular formula is C39H38F6N6OS. The quantitative estimate of drug-likeness (QED) is 0.103. The number of carbonyl (C=O) groups excluding carboxylic acids is 1. The summed E-state index contributed by atoms with van der Waals surface area (Å²) in [6.07, 6.45) is -5.30. The van der Waals surface area contributed by atoms with Crippen molar-refractivity contribution in [3.05, 3.63) is 119 Å². The van der Waals surface area contributed by atoms with Gasteiger partial charge in [-0.1, -0.05) is 76.7 Å². The van der Waals surface area contributed by atoms with Crippen LogP contribution in [0.15, 0.2) is 90.1 Å². The van der Waals surface area contributed by atoms with Gasteiger partial charge in [-0.25, -0.2) is 4.68 Å². The van der Waals surface area contributed by atoms with Crippen LogP contribution in [0.3, 0.4) is 0 Å². The molecule has 1 atom stereocenters. The molecule has 2 heterocycles. The predicted octanol–water partition coefficient (Wildman–Crippen LogP) is 10.6. The topological polar surface area (TPSA) is 88.2 Å². The lowest BCUT2D eigenvalue weighted by molar-refractivity contribution is -0.138. The van der Waals surface area contributed by atoms with Crippen LogP contribution in [0.4, 0.5) is 43.4 Å². The summed E-state index contributed by atoms with van der Waals surface area (Å²) in [5.74, 6) is -1.06. The highest BCUT2D eigenvalue weighted by Crippen LogP contribution is 2.46. The van der Waals surface area contributed by atoms with Gasteiger partial charge in [0.2, 0.25) is 0 Å². The number of hydrogen-bond donors (Lipinski definition) is 3. The number of aryl methyl sites for hydroxylation is 1. The number of carbonyl (C=O) groups is 1. The van der Waals surface area contributed by atoms with Crippen LogP contribution in [-0.2, 0) is 18.8 Å². The summed E-state index contributed by atoms with van der Waals surface area (Å²) < 4.78 is 84.8. The van der Waals surface area contributed by atoms with Crippen LogP contribution in [0.25, 0.3) is 16.8 Å². The minimum Gasteiger partial charge on any atom is -0.397 e. The van der Waals surface area contributed by atoms with Crippen LogP contribution in [-0.4, -0.2) is 21.2 Å². The van der Waals surface area contributed by atoms with Gasteiger partial charge in [0.25, 0.3) is 5.91 Å². The van der Waals surface area contributed by atoms with E-state index in [9.17, 15) is 31.1 Å². The third kappa shape index (κ3) is 7.82. The number of aromatic nitrogens is 2. The van der Waals surface area contributed by atoms with Crippen LogP contribution in [0.2, 0.25) is 0 Å². The second-order valence-corrected chi connectivity index (χ2v) is 14.6. The number of rotatable bonds is 9. The number of nitrogens with zero attached hydrogens (tertiary/aromatic N) is 3. The first-order chi connectivity index (χ1) is 24.9. The molecule has 6 rings (SSSR count). The van der Waals surface area contributed by atoms with Gasteiger partial charge < -0.3 is 11.1 Å². The van der Waals surface area contributed by atoms with Gasteiger partial charge in [0.1, 0.15) is 0 Å². The van der Waals surface area contributed by atoms with E-state index in [-0.39, 0.29) is 34.5 Å². The summed E-state index contributed by atoms with van der Waals surface area (Å²) in [7, 11) is 0. The predicted molar refractivity (Wildman–Crippen MR) is 197 cm³/mol. The average Bonchev–Trinajstić information content (AvgIpc) is 3.72. The van der Waals surface area contributed by atoms with E-state index < -0.39 is 34.9 Å². The zero-order valence-electron chi connectivity index (χ0n) is 29.5. The van der Waals surface area contributed by atoms with E-state index in [2.05, 4.69) is 15.8 Å². The Morgan fingerprint density at radius 2 is 1.53 bits per heavy atom. The van der Waals surface area contributed by atoms with Crippen molar-refractivity contribution in [1.29, 1.82) is 0 Å². The van der Waals surface area contributed by atoms with E-state index in [0.29, 0.717) is 16.8 Å². The van der Waals surface area contributed by atoms with Crippen molar-refractivity contribution in [3.8, 4) is 16.8 Å². The number of halogens is 6. The molecule has 0 bridgehead atoms. The molecule has 0 fully saturated rings. The maximum atomic E-state index is 14.2. The molecule has 4 aromatic carbocycles. The molecule has 1 aliphatic heterocycles. The summed E-state index contributed by atoms with van der Waals surface area (Å²) in [6.45, 7) is 9.54. The summed E-state index contributed by atoms with van der Waals surface area (Å²) in [5, 5.41) is 8.82. The van der Waals surface area contributed by atoms with Crippen molar-refractivity contribution in [3.63, 3.8) is 0 Å². The number of anilines is 3. The highest BCUT2D eigenvalue weighted by Gasteiger charge is 2.37. The van der Waals surface area contributed by atoms with Crippen molar-refractivity contribution < 1.29 is 31.1 Å². The van der Waals surface area contributed by atoms with Crippen molar-refractivity contribution in [2.45, 2.75) is 75.6 Å². The SMILES string of the molecule is CCc1ccc(-c2cnn(-c3ccc(C(F)(F)F)cc3C(=O)NC3Sc4cc(C(C)C)ccc4N3Nc3c(N)cc(C(F)(F)F)cc3C(C)C)c2)cc1. The molecule has 7 nitrogen and oxygen atoms in total. The number of hydrazine groups is 1. The molecule has 0 aliphatic carbocycles. The van der Waals surface area contributed by atoms with Gasteiger partial charge in [-0.3, -0.25) is 15.2 Å². The Morgan fingerprint density at radius 1 is 0.849 bits per heavy atom. The van der Waals surface area contributed by atoms with E-state index in [4.69, 9.17) is 5.73 Å². The monoisotopic (exact) mass is 752 g/mol. The first-order valence-corrected chi connectivity index (χ1v) is 17.9. The van der Waals surface area contributed by atoms with Gasteiger partial charge in [-0.05, 0) is 83.0 Å². The summed E-state index contributed by atoms with van der Waals surface area (Å²) in [5.41, 5.74) is 11.0. The third-order valence-corrected chi connectivity index (χ3v) is 10.2. The molecule has 1 aliphatic rings. The van der Waals surface area contributed by atoms with Crippen LogP contribution in [0.5, 0.6) is 0 Å². The Labute approximate surface area is 307 Å². The van der Waals surface area contributed by atoms with Crippen molar-refractivity contribution in [2.75, 3.05) is 16.2 Å². The third-order valence-electron chi connectivity index (χ3n) is 9.11. The van der Waals surface area contributed by atoms with Crippen molar-refractivity contribution in [2.24, 2.45) is 0 Å². The van der Waals surface area contributed by atoms with Crippen molar-refractivity contribution in [1.82, 2.24) is 15.1 Å². The smallest absolute Gasteiger partial charge is 0.397 e. The highest BCUT2D eigenvalue weighted by atomic mass is 32.2. The van der Waals surface area contributed by atoms with Gasteiger partial charge in [0, 0.05) is 16.7 Å². The molecular weight excluding hydrogens is 715 g/mol. The number of fused-ring (bicyclic) bond motifs is 1. The van der Waals surface area contributed by atoms with Crippen LogP contribution in [0.1, 0.15) is 84.6 Å². The van der Waals surface area contributed by atoms with E-state index in [1.165, 1.54) is 22.5 Å². The molecule has 4 N–H and O–H groups in total. The molecule has 1 amide bonds. The molecule has 53 heavy (non-hydrogen) atoms. The van der Waals surface area contributed by atoms with E-state index in [1.807, 2.05) is 63.2 Å². The molecule has 1 aromatic heterocycles. The summed E-state index contributed by atoms with van der Waals surface area (Å²) in [4.78, 5) is 14.9. The molecule has 1 unspecified atom stereocenters. The Balaban J connectivity index is 1.40. The number of nitrogens with one attached hydrogen (secondary N) is 2. The van der Waals surface area contributed by atoms with Crippen LogP contribution < -0.4 is 21.5 Å². The van der Waals surface area contributed by atoms with Gasteiger partial charge >= 0.3 is 12.4 Å². The second kappa shape index (κ2) is 14.4. The van der Waals surface area contributed by atoms with Gasteiger partial charge in [0.15, 0.2) is 5.50 Å². The maximum absolute atomic E-state index is 14.2. The molecule has 0 spiro atoms. The first kappa shape index (κ1) is 37.6. The number of alkyl halides is 6. The molecule has 0 radical (unpaired) electrons. The summed E-state index contributed by atoms with van der Waals surface area (Å²) >= 11 is 1.23. The molecule has 0 saturated carbocycles. The molecule has 5 aromatic rings. The molecule has 278 valence electrons. The van der Waals surface area contributed by atoms with E-state index in [1.54, 1.807) is 31.3 Å². The second-order valence-electron chi connectivity index (χ2n) is 13.4. The Bertz CT molecular complexity index is 2140. The number of nitrogen functional groups attached to an aromatic ring is 1. The van der Waals surface area contributed by atoms with Crippen LogP contribution >= 0.6 is 11.8 Å². The number of amides is 1.